The molecule has 2 aromatic rings. The van der Waals surface area contributed by atoms with Gasteiger partial charge < -0.3 is 4.52 Å². The standard InChI is InChI=1S/C19H23N2O2P/c1-23-24(22)20(16-18-10-4-2-5-11-18)14-8-9-15-21(24)17-19-12-6-3-7-13-19/h2-13H,14-17H2,1H3. The van der Waals surface area contributed by atoms with Gasteiger partial charge in [-0.25, -0.2) is 9.34 Å². The fraction of sp³-hybridized carbons (Fsp3) is 0.263. The summed E-state index contributed by atoms with van der Waals surface area (Å²) in [5, 5.41) is 0. The van der Waals surface area contributed by atoms with Gasteiger partial charge in [-0.05, 0) is 11.1 Å². The fourth-order valence-electron chi connectivity index (χ4n) is 2.90. The van der Waals surface area contributed by atoms with Crippen LogP contribution in [0.15, 0.2) is 72.8 Å². The van der Waals surface area contributed by atoms with Crippen LogP contribution in [0.25, 0.3) is 0 Å². The minimum atomic E-state index is -3.08. The molecule has 0 amide bonds. The highest BCUT2D eigenvalue weighted by atomic mass is 31.2. The summed E-state index contributed by atoms with van der Waals surface area (Å²) in [6.45, 7) is 2.43. The highest BCUT2D eigenvalue weighted by Crippen LogP contribution is 2.55. The molecule has 126 valence electrons. The zero-order chi connectivity index (χ0) is 16.8. The number of hydrogen-bond acceptors (Lipinski definition) is 2. The van der Waals surface area contributed by atoms with Gasteiger partial charge in [-0.15, -0.1) is 0 Å². The molecule has 1 aliphatic rings. The molecule has 4 nitrogen and oxygen atoms in total. The summed E-state index contributed by atoms with van der Waals surface area (Å²) < 4.78 is 23.2. The molecule has 0 aromatic heterocycles. The molecule has 0 unspecified atom stereocenters. The second kappa shape index (κ2) is 7.91. The van der Waals surface area contributed by atoms with Crippen LogP contribution < -0.4 is 0 Å². The molecule has 3 rings (SSSR count). The van der Waals surface area contributed by atoms with E-state index in [1.807, 2.05) is 45.7 Å². The summed E-state index contributed by atoms with van der Waals surface area (Å²) in [7, 11) is -1.54. The Morgan fingerprint density at radius 1 is 0.833 bits per heavy atom. The van der Waals surface area contributed by atoms with Crippen LogP contribution in [0.2, 0.25) is 0 Å². The van der Waals surface area contributed by atoms with Crippen LogP contribution in [-0.4, -0.2) is 29.5 Å². The van der Waals surface area contributed by atoms with Crippen LogP contribution in [0.3, 0.4) is 0 Å². The van der Waals surface area contributed by atoms with Gasteiger partial charge in [-0.2, -0.15) is 0 Å². The van der Waals surface area contributed by atoms with E-state index in [0.717, 1.165) is 11.1 Å². The van der Waals surface area contributed by atoms with Gasteiger partial charge in [-0.1, -0.05) is 72.8 Å². The summed E-state index contributed by atoms with van der Waals surface area (Å²) in [6, 6.07) is 20.2. The predicted octanol–water partition coefficient (Wildman–Crippen LogP) is 4.32. The molecule has 0 saturated heterocycles. The van der Waals surface area contributed by atoms with Gasteiger partial charge in [0.2, 0.25) is 0 Å². The molecule has 1 aliphatic heterocycles. The molecule has 0 radical (unpaired) electrons. The van der Waals surface area contributed by atoms with E-state index < -0.39 is 7.67 Å². The number of hydrogen-bond donors (Lipinski definition) is 0. The molecule has 0 fully saturated rings. The first kappa shape index (κ1) is 17.1. The fourth-order valence-corrected chi connectivity index (χ4v) is 5.01. The van der Waals surface area contributed by atoms with Gasteiger partial charge in [0.1, 0.15) is 0 Å². The number of benzene rings is 2. The largest absolute Gasteiger partial charge is 0.346 e. The van der Waals surface area contributed by atoms with E-state index in [-0.39, 0.29) is 0 Å². The molecule has 0 aliphatic carbocycles. The van der Waals surface area contributed by atoms with Crippen molar-refractivity contribution in [3.05, 3.63) is 83.9 Å². The van der Waals surface area contributed by atoms with E-state index in [1.54, 1.807) is 7.11 Å². The van der Waals surface area contributed by atoms with E-state index in [2.05, 4.69) is 36.4 Å². The van der Waals surface area contributed by atoms with Crippen molar-refractivity contribution >= 4 is 7.67 Å². The average molecular weight is 342 g/mol. The number of rotatable bonds is 5. The van der Waals surface area contributed by atoms with Crippen molar-refractivity contribution in [1.82, 2.24) is 9.34 Å². The molecule has 5 heteroatoms. The lowest BCUT2D eigenvalue weighted by Crippen LogP contribution is -2.31. The summed E-state index contributed by atoms with van der Waals surface area (Å²) in [5.41, 5.74) is 2.26. The zero-order valence-electron chi connectivity index (χ0n) is 13.9. The zero-order valence-corrected chi connectivity index (χ0v) is 14.8. The Labute approximate surface area is 143 Å². The maximum atomic E-state index is 13.7. The van der Waals surface area contributed by atoms with Gasteiger partial charge in [0.05, 0.1) is 0 Å². The highest BCUT2D eigenvalue weighted by molar-refractivity contribution is 7.53. The van der Waals surface area contributed by atoms with Crippen molar-refractivity contribution in [2.75, 3.05) is 20.2 Å². The molecule has 0 spiro atoms. The van der Waals surface area contributed by atoms with Crippen molar-refractivity contribution in [3.8, 4) is 0 Å². The Hall–Kier alpha value is -1.71. The Kier molecular flexibility index (Phi) is 5.64. The topological polar surface area (TPSA) is 32.8 Å². The normalized spacial score (nSPS) is 18.4. The van der Waals surface area contributed by atoms with Gasteiger partial charge in [0.25, 0.3) is 0 Å². The van der Waals surface area contributed by atoms with Gasteiger partial charge in [0.15, 0.2) is 0 Å². The van der Waals surface area contributed by atoms with Crippen molar-refractivity contribution in [2.24, 2.45) is 0 Å². The lowest BCUT2D eigenvalue weighted by atomic mass is 10.2. The summed E-state index contributed by atoms with van der Waals surface area (Å²) in [4.78, 5) is 0. The summed E-state index contributed by atoms with van der Waals surface area (Å²) in [5.74, 6) is 0. The lowest BCUT2D eigenvalue weighted by molar-refractivity contribution is 0.249. The monoisotopic (exact) mass is 342 g/mol. The third-order valence-corrected chi connectivity index (χ3v) is 6.68. The smallest absolute Gasteiger partial charge is 0.309 e. The van der Waals surface area contributed by atoms with Crippen LogP contribution in [0.1, 0.15) is 11.1 Å². The molecular weight excluding hydrogens is 319 g/mol. The summed E-state index contributed by atoms with van der Waals surface area (Å²) >= 11 is 0. The molecule has 0 atom stereocenters. The van der Waals surface area contributed by atoms with Gasteiger partial charge in [0, 0.05) is 33.3 Å². The second-order valence-electron chi connectivity index (χ2n) is 5.81. The van der Waals surface area contributed by atoms with Crippen molar-refractivity contribution < 1.29 is 9.09 Å². The highest BCUT2D eigenvalue weighted by Gasteiger charge is 2.38. The van der Waals surface area contributed by atoms with E-state index in [9.17, 15) is 4.57 Å². The Balaban J connectivity index is 1.85. The average Bonchev–Trinajstić information content (AvgIpc) is 2.78. The first-order chi connectivity index (χ1) is 11.7. The van der Waals surface area contributed by atoms with Crippen LogP contribution >= 0.6 is 7.67 Å². The van der Waals surface area contributed by atoms with Gasteiger partial charge >= 0.3 is 7.67 Å². The SMILES string of the molecule is COP1(=O)N(Cc2ccccc2)CC=CCN1Cc1ccccc1. The van der Waals surface area contributed by atoms with E-state index in [1.165, 1.54) is 0 Å². The molecular formula is C19H23N2O2P. The molecule has 0 bridgehead atoms. The second-order valence-corrected chi connectivity index (χ2v) is 8.29. The first-order valence-electron chi connectivity index (χ1n) is 8.12. The quantitative estimate of drug-likeness (QED) is 0.599. The van der Waals surface area contributed by atoms with E-state index in [0.29, 0.717) is 26.2 Å². The number of nitrogens with zero attached hydrogens (tertiary/aromatic N) is 2. The molecule has 1 heterocycles. The minimum absolute atomic E-state index is 0.599. The molecule has 0 N–H and O–H groups in total. The first-order valence-corrected chi connectivity index (χ1v) is 9.65. The third-order valence-electron chi connectivity index (χ3n) is 4.17. The van der Waals surface area contributed by atoms with Crippen LogP contribution in [-0.2, 0) is 22.2 Å². The summed E-state index contributed by atoms with van der Waals surface area (Å²) in [6.07, 6.45) is 4.14. The van der Waals surface area contributed by atoms with Gasteiger partial charge in [-0.3, -0.25) is 4.57 Å². The third kappa shape index (κ3) is 3.85. The maximum absolute atomic E-state index is 13.7. The van der Waals surface area contributed by atoms with Crippen molar-refractivity contribution in [3.63, 3.8) is 0 Å². The maximum Gasteiger partial charge on any atom is 0.346 e. The van der Waals surface area contributed by atoms with Crippen molar-refractivity contribution in [2.45, 2.75) is 13.1 Å². The minimum Gasteiger partial charge on any atom is -0.309 e. The Bertz CT molecular complexity index is 661. The molecule has 0 saturated carbocycles. The predicted molar refractivity (Wildman–Crippen MR) is 97.5 cm³/mol. The van der Waals surface area contributed by atoms with Crippen LogP contribution in [0.4, 0.5) is 0 Å². The van der Waals surface area contributed by atoms with E-state index >= 15 is 0 Å². The molecule has 2 aromatic carbocycles. The molecule has 24 heavy (non-hydrogen) atoms. The van der Waals surface area contributed by atoms with E-state index in [4.69, 9.17) is 4.52 Å². The van der Waals surface area contributed by atoms with Crippen LogP contribution in [0, 0.1) is 0 Å². The lowest BCUT2D eigenvalue weighted by Gasteiger charge is -2.35. The van der Waals surface area contributed by atoms with Crippen LogP contribution in [0.5, 0.6) is 0 Å². The Morgan fingerprint density at radius 2 is 1.25 bits per heavy atom. The van der Waals surface area contributed by atoms with Crippen molar-refractivity contribution in [1.29, 1.82) is 0 Å². The Morgan fingerprint density at radius 3 is 1.62 bits per heavy atom.